The molecule has 0 saturated carbocycles. The molecule has 0 saturated heterocycles. The largest absolute Gasteiger partial charge is 0.433 e. The SMILES string of the molecule is Cc1cc(C(F)(F)F)n(Cc2ccccc2)n1. The van der Waals surface area contributed by atoms with E-state index in [1.165, 1.54) is 0 Å². The fraction of sp³-hybridized carbons (Fsp3) is 0.250. The van der Waals surface area contributed by atoms with Crippen LogP contribution < -0.4 is 0 Å². The van der Waals surface area contributed by atoms with Crippen molar-refractivity contribution in [3.8, 4) is 0 Å². The number of aryl methyl sites for hydroxylation is 1. The summed E-state index contributed by atoms with van der Waals surface area (Å²) >= 11 is 0. The number of nitrogens with zero attached hydrogens (tertiary/aromatic N) is 2. The van der Waals surface area contributed by atoms with Crippen molar-refractivity contribution in [3.05, 3.63) is 53.3 Å². The van der Waals surface area contributed by atoms with E-state index in [-0.39, 0.29) is 6.54 Å². The Labute approximate surface area is 96.7 Å². The van der Waals surface area contributed by atoms with E-state index in [1.54, 1.807) is 31.2 Å². The van der Waals surface area contributed by atoms with Crippen molar-refractivity contribution in [1.29, 1.82) is 0 Å². The minimum absolute atomic E-state index is 0.128. The number of alkyl halides is 3. The first-order valence-corrected chi connectivity index (χ1v) is 5.12. The van der Waals surface area contributed by atoms with E-state index in [4.69, 9.17) is 0 Å². The second kappa shape index (κ2) is 4.24. The lowest BCUT2D eigenvalue weighted by Crippen LogP contribution is -2.15. The van der Waals surface area contributed by atoms with Gasteiger partial charge in [-0.2, -0.15) is 18.3 Å². The molecular formula is C12H11F3N2. The van der Waals surface area contributed by atoms with Crippen molar-refractivity contribution in [2.75, 3.05) is 0 Å². The number of aromatic nitrogens is 2. The third-order valence-electron chi connectivity index (χ3n) is 2.37. The van der Waals surface area contributed by atoms with Gasteiger partial charge in [0.2, 0.25) is 0 Å². The molecule has 0 atom stereocenters. The van der Waals surface area contributed by atoms with Gasteiger partial charge in [0.1, 0.15) is 5.69 Å². The maximum absolute atomic E-state index is 12.7. The zero-order chi connectivity index (χ0) is 12.5. The molecule has 2 rings (SSSR count). The molecule has 2 aromatic rings. The topological polar surface area (TPSA) is 17.8 Å². The molecule has 0 N–H and O–H groups in total. The molecule has 1 heterocycles. The van der Waals surface area contributed by atoms with Gasteiger partial charge in [-0.25, -0.2) is 0 Å². The highest BCUT2D eigenvalue weighted by molar-refractivity contribution is 5.18. The Morgan fingerprint density at radius 1 is 1.18 bits per heavy atom. The third kappa shape index (κ3) is 2.67. The standard InChI is InChI=1S/C12H11F3N2/c1-9-7-11(12(13,14)15)17(16-9)8-10-5-3-2-4-6-10/h2-7H,8H2,1H3. The van der Waals surface area contributed by atoms with Gasteiger partial charge in [0.15, 0.2) is 0 Å². The predicted molar refractivity (Wildman–Crippen MR) is 57.5 cm³/mol. The first-order valence-electron chi connectivity index (χ1n) is 5.12. The Kier molecular flexibility index (Phi) is 2.92. The van der Waals surface area contributed by atoms with Crippen molar-refractivity contribution >= 4 is 0 Å². The van der Waals surface area contributed by atoms with Crippen molar-refractivity contribution in [1.82, 2.24) is 9.78 Å². The van der Waals surface area contributed by atoms with Crippen LogP contribution in [0.25, 0.3) is 0 Å². The lowest BCUT2D eigenvalue weighted by atomic mass is 10.2. The highest BCUT2D eigenvalue weighted by atomic mass is 19.4. The van der Waals surface area contributed by atoms with Crippen LogP contribution in [0.15, 0.2) is 36.4 Å². The van der Waals surface area contributed by atoms with Gasteiger partial charge >= 0.3 is 6.18 Å². The summed E-state index contributed by atoms with van der Waals surface area (Å²) in [5, 5.41) is 3.87. The molecular weight excluding hydrogens is 229 g/mol. The van der Waals surface area contributed by atoms with Gasteiger partial charge in [0, 0.05) is 0 Å². The van der Waals surface area contributed by atoms with Gasteiger partial charge in [0.25, 0.3) is 0 Å². The zero-order valence-corrected chi connectivity index (χ0v) is 9.20. The molecule has 90 valence electrons. The van der Waals surface area contributed by atoms with Crippen LogP contribution in [0.4, 0.5) is 13.2 Å². The quantitative estimate of drug-likeness (QED) is 0.787. The van der Waals surface area contributed by atoms with E-state index in [0.29, 0.717) is 5.69 Å². The first-order chi connectivity index (χ1) is 7.97. The molecule has 1 aromatic heterocycles. The molecule has 0 fully saturated rings. The second-order valence-electron chi connectivity index (χ2n) is 3.81. The molecule has 0 amide bonds. The summed E-state index contributed by atoms with van der Waals surface area (Å²) in [6.07, 6.45) is -4.37. The summed E-state index contributed by atoms with van der Waals surface area (Å²) in [6, 6.07) is 10.0. The summed E-state index contributed by atoms with van der Waals surface area (Å²) in [5.74, 6) is 0. The van der Waals surface area contributed by atoms with Crippen LogP contribution in [0.3, 0.4) is 0 Å². The molecule has 0 spiro atoms. The normalized spacial score (nSPS) is 11.8. The maximum Gasteiger partial charge on any atom is 0.433 e. The molecule has 2 nitrogen and oxygen atoms in total. The summed E-state index contributed by atoms with van der Waals surface area (Å²) in [4.78, 5) is 0. The van der Waals surface area contributed by atoms with Crippen LogP contribution in [-0.4, -0.2) is 9.78 Å². The predicted octanol–water partition coefficient (Wildman–Crippen LogP) is 3.26. The zero-order valence-electron chi connectivity index (χ0n) is 9.20. The summed E-state index contributed by atoms with van der Waals surface area (Å²) in [5.41, 5.74) is 0.452. The highest BCUT2D eigenvalue weighted by Crippen LogP contribution is 2.30. The molecule has 0 aliphatic carbocycles. The molecule has 0 aliphatic heterocycles. The van der Waals surface area contributed by atoms with Gasteiger partial charge in [-0.15, -0.1) is 0 Å². The smallest absolute Gasteiger partial charge is 0.256 e. The average molecular weight is 240 g/mol. The van der Waals surface area contributed by atoms with Crippen LogP contribution in [0.1, 0.15) is 17.0 Å². The van der Waals surface area contributed by atoms with E-state index in [0.717, 1.165) is 16.3 Å². The van der Waals surface area contributed by atoms with Crippen molar-refractivity contribution < 1.29 is 13.2 Å². The third-order valence-corrected chi connectivity index (χ3v) is 2.37. The fourth-order valence-electron chi connectivity index (χ4n) is 1.65. The summed E-state index contributed by atoms with van der Waals surface area (Å²) < 4.78 is 39.1. The minimum Gasteiger partial charge on any atom is -0.256 e. The lowest BCUT2D eigenvalue weighted by molar-refractivity contribution is -0.144. The van der Waals surface area contributed by atoms with E-state index in [9.17, 15) is 13.2 Å². The van der Waals surface area contributed by atoms with Crippen molar-refractivity contribution in [3.63, 3.8) is 0 Å². The van der Waals surface area contributed by atoms with E-state index in [2.05, 4.69) is 5.10 Å². The van der Waals surface area contributed by atoms with Gasteiger partial charge in [-0.05, 0) is 18.6 Å². The highest BCUT2D eigenvalue weighted by Gasteiger charge is 2.35. The number of rotatable bonds is 2. The lowest BCUT2D eigenvalue weighted by Gasteiger charge is -2.10. The van der Waals surface area contributed by atoms with Gasteiger partial charge in [-0.1, -0.05) is 30.3 Å². The summed E-state index contributed by atoms with van der Waals surface area (Å²) in [6.45, 7) is 1.68. The van der Waals surface area contributed by atoms with Crippen LogP contribution >= 0.6 is 0 Å². The maximum atomic E-state index is 12.7. The monoisotopic (exact) mass is 240 g/mol. The number of hydrogen-bond donors (Lipinski definition) is 0. The minimum atomic E-state index is -4.37. The van der Waals surface area contributed by atoms with Crippen molar-refractivity contribution in [2.45, 2.75) is 19.6 Å². The van der Waals surface area contributed by atoms with Crippen LogP contribution in [-0.2, 0) is 12.7 Å². The van der Waals surface area contributed by atoms with Crippen LogP contribution in [0.2, 0.25) is 0 Å². The number of hydrogen-bond acceptors (Lipinski definition) is 1. The Hall–Kier alpha value is -1.78. The van der Waals surface area contributed by atoms with Gasteiger partial charge in [0.05, 0.1) is 12.2 Å². The van der Waals surface area contributed by atoms with Gasteiger partial charge < -0.3 is 0 Å². The Morgan fingerprint density at radius 3 is 2.41 bits per heavy atom. The van der Waals surface area contributed by atoms with Crippen molar-refractivity contribution in [2.24, 2.45) is 0 Å². The van der Waals surface area contributed by atoms with Crippen LogP contribution in [0.5, 0.6) is 0 Å². The number of halogens is 3. The molecule has 0 radical (unpaired) electrons. The molecule has 0 bridgehead atoms. The summed E-state index contributed by atoms with van der Waals surface area (Å²) in [7, 11) is 0. The Balaban J connectivity index is 2.33. The second-order valence-corrected chi connectivity index (χ2v) is 3.81. The molecule has 1 aromatic carbocycles. The molecule has 5 heteroatoms. The first kappa shape index (κ1) is 11.7. The van der Waals surface area contributed by atoms with Gasteiger partial charge in [-0.3, -0.25) is 4.68 Å². The molecule has 0 aliphatic rings. The molecule has 0 unspecified atom stereocenters. The Bertz CT molecular complexity index is 500. The van der Waals surface area contributed by atoms with E-state index in [1.807, 2.05) is 6.07 Å². The average Bonchev–Trinajstić information content (AvgIpc) is 2.60. The van der Waals surface area contributed by atoms with E-state index >= 15 is 0 Å². The molecule has 17 heavy (non-hydrogen) atoms. The van der Waals surface area contributed by atoms with E-state index < -0.39 is 11.9 Å². The fourth-order valence-corrected chi connectivity index (χ4v) is 1.65. The Morgan fingerprint density at radius 2 is 1.82 bits per heavy atom. The number of benzene rings is 1. The van der Waals surface area contributed by atoms with Crippen LogP contribution in [0, 0.1) is 6.92 Å².